The fourth-order valence-corrected chi connectivity index (χ4v) is 3.82. The van der Waals surface area contributed by atoms with Crippen LogP contribution in [0.3, 0.4) is 0 Å². The summed E-state index contributed by atoms with van der Waals surface area (Å²) in [6.07, 6.45) is 1.69. The third-order valence-corrected chi connectivity index (χ3v) is 4.73. The third-order valence-electron chi connectivity index (χ3n) is 4.73. The van der Waals surface area contributed by atoms with E-state index in [0.29, 0.717) is 0 Å². The maximum absolute atomic E-state index is 9.57. The number of nitrogens with two attached hydrogens (primary N) is 1. The van der Waals surface area contributed by atoms with Crippen molar-refractivity contribution in [2.24, 2.45) is 10.6 Å². The first-order valence-corrected chi connectivity index (χ1v) is 7.69. The predicted octanol–water partition coefficient (Wildman–Crippen LogP) is 0.0517. The monoisotopic (exact) mass is 329 g/mol. The number of rotatable bonds is 0. The lowest BCUT2D eigenvalue weighted by Crippen LogP contribution is -3.00. The quantitative estimate of drug-likeness (QED) is 0.348. The highest BCUT2D eigenvalue weighted by Crippen LogP contribution is 2.45. The number of pyridine rings is 1. The molecule has 0 spiro atoms. The summed E-state index contributed by atoms with van der Waals surface area (Å²) in [5.41, 5.74) is 8.80. The lowest BCUT2D eigenvalue weighted by Gasteiger charge is -2.31. The minimum atomic E-state index is 0. The van der Waals surface area contributed by atoms with Gasteiger partial charge in [-0.05, 0) is 31.2 Å². The average Bonchev–Trinajstić information content (AvgIpc) is 2.85. The molecule has 0 bridgehead atoms. The van der Waals surface area contributed by atoms with E-state index in [1.165, 1.54) is 22.5 Å². The Hall–Kier alpha value is -1.91. The van der Waals surface area contributed by atoms with Crippen molar-refractivity contribution >= 4 is 17.1 Å². The van der Waals surface area contributed by atoms with E-state index < -0.39 is 0 Å². The van der Waals surface area contributed by atoms with Gasteiger partial charge in [0.25, 0.3) is 0 Å². The van der Waals surface area contributed by atoms with Gasteiger partial charge in [-0.2, -0.15) is 0 Å². The summed E-state index contributed by atoms with van der Waals surface area (Å²) in [5.74, 6) is 0. The molecular weight excluding hydrogens is 310 g/mol. The molecule has 4 rings (SSSR count). The summed E-state index contributed by atoms with van der Waals surface area (Å²) in [4.78, 5) is 4.84. The largest absolute Gasteiger partial charge is 1.00 e. The molecule has 120 valence electrons. The lowest BCUT2D eigenvalue weighted by molar-refractivity contribution is -0.473. The van der Waals surface area contributed by atoms with Gasteiger partial charge in [-0.25, -0.2) is 0 Å². The molecule has 3 N–H and O–H groups in total. The van der Waals surface area contributed by atoms with E-state index in [2.05, 4.69) is 55.5 Å². The minimum absolute atomic E-state index is 0. The van der Waals surface area contributed by atoms with Crippen LogP contribution in [0.1, 0.15) is 37.2 Å². The number of para-hydroxylation sites is 1. The van der Waals surface area contributed by atoms with Gasteiger partial charge in [0.1, 0.15) is 5.69 Å². The van der Waals surface area contributed by atoms with E-state index in [0.717, 1.165) is 35.5 Å². The zero-order valence-corrected chi connectivity index (χ0v) is 14.3. The number of hydrogen-bond acceptors (Lipinski definition) is 3. The zero-order valence-electron chi connectivity index (χ0n) is 13.5. The molecule has 0 amide bonds. The number of hydrogen-bond donors (Lipinski definition) is 2. The molecule has 2 aromatic rings. The second kappa shape index (κ2) is 5.32. The normalized spacial score (nSPS) is 18.8. The Kier molecular flexibility index (Phi) is 3.69. The van der Waals surface area contributed by atoms with Crippen LogP contribution in [-0.2, 0) is 6.42 Å². The number of halogens is 1. The summed E-state index contributed by atoms with van der Waals surface area (Å²) < 4.78 is 0. The Morgan fingerprint density at radius 2 is 1.91 bits per heavy atom. The first-order valence-electron chi connectivity index (χ1n) is 7.69. The second-order valence-corrected chi connectivity index (χ2v) is 7.10. The van der Waals surface area contributed by atoms with Crippen molar-refractivity contribution in [3.8, 4) is 11.1 Å². The maximum Gasteiger partial charge on any atom is 0.164 e. The van der Waals surface area contributed by atoms with Crippen LogP contribution in [0.5, 0.6) is 0 Å². The van der Waals surface area contributed by atoms with Crippen LogP contribution in [-0.4, -0.2) is 15.9 Å². The van der Waals surface area contributed by atoms with Gasteiger partial charge in [0.15, 0.2) is 5.69 Å². The lowest BCUT2D eigenvalue weighted by atomic mass is 9.73. The second-order valence-electron chi connectivity index (χ2n) is 7.10. The Morgan fingerprint density at radius 3 is 2.65 bits per heavy atom. The highest BCUT2D eigenvalue weighted by molar-refractivity contribution is 6.11. The third kappa shape index (κ3) is 2.33. The van der Waals surface area contributed by atoms with Gasteiger partial charge in [-0.15, -0.1) is 0 Å². The predicted molar refractivity (Wildman–Crippen MR) is 86.1 cm³/mol. The van der Waals surface area contributed by atoms with Crippen molar-refractivity contribution in [2.45, 2.75) is 33.6 Å². The molecule has 0 fully saturated rings. The van der Waals surface area contributed by atoms with Crippen LogP contribution >= 0.6 is 0 Å². The molecule has 2 heterocycles. The van der Waals surface area contributed by atoms with E-state index in [9.17, 15) is 5.21 Å². The van der Waals surface area contributed by atoms with Crippen LogP contribution in [0.15, 0.2) is 29.4 Å². The Balaban J connectivity index is 0.00000156. The molecule has 0 unspecified atom stereocenters. The van der Waals surface area contributed by atoms with Gasteiger partial charge >= 0.3 is 0 Å². The SMILES string of the molecule is Cc1nc2c(c3c1[NH2+]c1ccccc1-3)/C(=N\O)CC(C)(C)C2.[Cl-]. The van der Waals surface area contributed by atoms with Crippen molar-refractivity contribution < 1.29 is 22.9 Å². The van der Waals surface area contributed by atoms with Crippen LogP contribution in [0.4, 0.5) is 11.4 Å². The molecule has 0 atom stereocenters. The molecule has 1 aromatic carbocycles. The fourth-order valence-electron chi connectivity index (χ4n) is 3.82. The van der Waals surface area contributed by atoms with E-state index in [-0.39, 0.29) is 17.8 Å². The highest BCUT2D eigenvalue weighted by atomic mass is 35.5. The van der Waals surface area contributed by atoms with Crippen molar-refractivity contribution in [2.75, 3.05) is 0 Å². The fraction of sp³-hybridized carbons (Fsp3) is 0.333. The average molecular weight is 330 g/mol. The van der Waals surface area contributed by atoms with Crippen LogP contribution in [0, 0.1) is 12.3 Å². The number of oxime groups is 1. The van der Waals surface area contributed by atoms with Gasteiger partial charge in [0, 0.05) is 17.2 Å². The van der Waals surface area contributed by atoms with Crippen molar-refractivity contribution in [3.63, 3.8) is 0 Å². The molecule has 0 radical (unpaired) electrons. The summed E-state index contributed by atoms with van der Waals surface area (Å²) in [6, 6.07) is 8.39. The first-order chi connectivity index (χ1) is 10.5. The number of aromatic nitrogens is 1. The molecule has 1 aliphatic carbocycles. The van der Waals surface area contributed by atoms with E-state index >= 15 is 0 Å². The summed E-state index contributed by atoms with van der Waals surface area (Å²) in [5, 5.41) is 15.4. The van der Waals surface area contributed by atoms with Gasteiger partial charge in [0.05, 0.1) is 22.7 Å². The molecule has 1 aliphatic heterocycles. The van der Waals surface area contributed by atoms with Gasteiger partial charge in [-0.3, -0.25) is 10.3 Å². The summed E-state index contributed by atoms with van der Waals surface area (Å²) in [6.45, 7) is 6.47. The van der Waals surface area contributed by atoms with Gasteiger partial charge < -0.3 is 17.6 Å². The zero-order chi connectivity index (χ0) is 15.5. The summed E-state index contributed by atoms with van der Waals surface area (Å²) >= 11 is 0. The number of benzene rings is 1. The smallest absolute Gasteiger partial charge is 0.164 e. The van der Waals surface area contributed by atoms with E-state index in [1.807, 2.05) is 0 Å². The Bertz CT molecular complexity index is 827. The van der Waals surface area contributed by atoms with Crippen LogP contribution < -0.4 is 17.7 Å². The Morgan fingerprint density at radius 1 is 1.17 bits per heavy atom. The molecule has 2 aliphatic rings. The van der Waals surface area contributed by atoms with Crippen molar-refractivity contribution in [1.82, 2.24) is 4.98 Å². The molecule has 0 saturated carbocycles. The van der Waals surface area contributed by atoms with E-state index in [1.54, 1.807) is 0 Å². The standard InChI is InChI=1S/C18H19N3O.ClH/c1-10-17-15(11-6-4-5-7-12(11)20-17)16-13(19-10)8-18(2,3)9-14(16)21-22;/h4-7,20,22H,8-9H2,1-3H3;1H/b21-14-;. The van der Waals surface area contributed by atoms with Gasteiger partial charge in [0.2, 0.25) is 0 Å². The van der Waals surface area contributed by atoms with Crippen molar-refractivity contribution in [3.05, 3.63) is 41.2 Å². The number of aryl methyl sites for hydroxylation is 1. The topological polar surface area (TPSA) is 62.1 Å². The Labute approximate surface area is 142 Å². The first kappa shape index (κ1) is 16.0. The molecule has 5 heteroatoms. The highest BCUT2D eigenvalue weighted by Gasteiger charge is 2.38. The maximum atomic E-state index is 9.57. The molecule has 23 heavy (non-hydrogen) atoms. The van der Waals surface area contributed by atoms with Crippen LogP contribution in [0.25, 0.3) is 11.1 Å². The number of fused-ring (bicyclic) bond motifs is 5. The summed E-state index contributed by atoms with van der Waals surface area (Å²) in [7, 11) is 0. The molecule has 4 nitrogen and oxygen atoms in total. The van der Waals surface area contributed by atoms with E-state index in [4.69, 9.17) is 4.98 Å². The van der Waals surface area contributed by atoms with Crippen LogP contribution in [0.2, 0.25) is 0 Å². The minimum Gasteiger partial charge on any atom is -1.00 e. The van der Waals surface area contributed by atoms with Gasteiger partial charge in [-0.1, -0.05) is 31.1 Å². The van der Waals surface area contributed by atoms with Crippen molar-refractivity contribution in [1.29, 1.82) is 0 Å². The number of quaternary nitrogens is 1. The molecular formula is C18H20ClN3O. The molecule has 0 saturated heterocycles. The number of nitrogens with zero attached hydrogens (tertiary/aromatic N) is 2. The molecule has 1 aromatic heterocycles.